The van der Waals surface area contributed by atoms with Crippen molar-refractivity contribution in [2.45, 2.75) is 19.3 Å². The number of nitrogens with one attached hydrogen (secondary N) is 1. The minimum Gasteiger partial charge on any atom is -0.312 e. The average molecular weight is 323 g/mol. The van der Waals surface area contributed by atoms with E-state index < -0.39 is 10.2 Å². The van der Waals surface area contributed by atoms with E-state index in [0.717, 1.165) is 18.5 Å². The first-order chi connectivity index (χ1) is 10.6. The lowest BCUT2D eigenvalue weighted by Crippen LogP contribution is -2.41. The SMILES string of the molecule is O=C1CC(CNS(=O)(=O)N2CCCC2)CN1c1ccccc1. The molecule has 0 aromatic heterocycles. The molecule has 3 rings (SSSR count). The second-order valence-electron chi connectivity index (χ2n) is 5.87. The summed E-state index contributed by atoms with van der Waals surface area (Å²) >= 11 is 0. The van der Waals surface area contributed by atoms with Crippen LogP contribution in [0.2, 0.25) is 0 Å². The number of para-hydroxylation sites is 1. The van der Waals surface area contributed by atoms with Crippen LogP contribution in [-0.4, -0.2) is 44.8 Å². The molecule has 2 saturated heterocycles. The number of rotatable bonds is 5. The first-order valence-electron chi connectivity index (χ1n) is 7.66. The molecular weight excluding hydrogens is 302 g/mol. The van der Waals surface area contributed by atoms with Crippen LogP contribution in [0, 0.1) is 5.92 Å². The molecule has 0 radical (unpaired) electrons. The average Bonchev–Trinajstić information content (AvgIpc) is 3.16. The second kappa shape index (κ2) is 6.36. The molecule has 2 fully saturated rings. The summed E-state index contributed by atoms with van der Waals surface area (Å²) in [6.45, 7) is 2.06. The Balaban J connectivity index is 1.57. The predicted molar refractivity (Wildman–Crippen MR) is 84.6 cm³/mol. The fourth-order valence-corrected chi connectivity index (χ4v) is 4.39. The number of carbonyl (C=O) groups is 1. The first kappa shape index (κ1) is 15.5. The zero-order chi connectivity index (χ0) is 15.6. The summed E-state index contributed by atoms with van der Waals surface area (Å²) in [5, 5.41) is 0. The van der Waals surface area contributed by atoms with Gasteiger partial charge in [0.1, 0.15) is 0 Å². The summed E-state index contributed by atoms with van der Waals surface area (Å²) in [5.74, 6) is 0.0710. The molecule has 0 saturated carbocycles. The van der Waals surface area contributed by atoms with E-state index in [1.165, 1.54) is 4.31 Å². The van der Waals surface area contributed by atoms with Crippen molar-refractivity contribution in [3.8, 4) is 0 Å². The maximum atomic E-state index is 12.1. The minimum absolute atomic E-state index is 0.0186. The molecule has 1 aromatic rings. The number of benzene rings is 1. The molecule has 1 amide bonds. The van der Waals surface area contributed by atoms with Gasteiger partial charge in [-0.25, -0.2) is 4.72 Å². The fraction of sp³-hybridized carbons (Fsp3) is 0.533. The fourth-order valence-electron chi connectivity index (χ4n) is 3.02. The number of nitrogens with zero attached hydrogens (tertiary/aromatic N) is 2. The van der Waals surface area contributed by atoms with Gasteiger partial charge in [0.25, 0.3) is 10.2 Å². The summed E-state index contributed by atoms with van der Waals surface area (Å²) in [7, 11) is -3.39. The third kappa shape index (κ3) is 3.31. The van der Waals surface area contributed by atoms with Crippen LogP contribution in [-0.2, 0) is 15.0 Å². The Bertz CT molecular complexity index is 627. The predicted octanol–water partition coefficient (Wildman–Crippen LogP) is 0.970. The summed E-state index contributed by atoms with van der Waals surface area (Å²) in [6.07, 6.45) is 2.23. The molecular formula is C15H21N3O3S. The van der Waals surface area contributed by atoms with Gasteiger partial charge < -0.3 is 4.90 Å². The van der Waals surface area contributed by atoms with Crippen LogP contribution < -0.4 is 9.62 Å². The van der Waals surface area contributed by atoms with E-state index in [9.17, 15) is 13.2 Å². The maximum absolute atomic E-state index is 12.1. The van der Waals surface area contributed by atoms with Crippen LogP contribution in [0.3, 0.4) is 0 Å². The molecule has 0 bridgehead atoms. The number of carbonyl (C=O) groups excluding carboxylic acids is 1. The Labute approximate surface area is 131 Å². The van der Waals surface area contributed by atoms with Gasteiger partial charge in [-0.3, -0.25) is 4.79 Å². The highest BCUT2D eigenvalue weighted by molar-refractivity contribution is 7.87. The summed E-state index contributed by atoms with van der Waals surface area (Å²) in [5.41, 5.74) is 0.873. The second-order valence-corrected chi connectivity index (χ2v) is 7.62. The van der Waals surface area contributed by atoms with Gasteiger partial charge in [-0.1, -0.05) is 18.2 Å². The standard InChI is InChI=1S/C15H21N3O3S/c19-15-10-13(12-18(15)14-6-2-1-3-7-14)11-16-22(20,21)17-8-4-5-9-17/h1-3,6-7,13,16H,4-5,8-12H2. The zero-order valence-electron chi connectivity index (χ0n) is 12.4. The quantitative estimate of drug-likeness (QED) is 0.878. The van der Waals surface area contributed by atoms with E-state index in [1.807, 2.05) is 30.3 Å². The number of hydrogen-bond donors (Lipinski definition) is 1. The van der Waals surface area contributed by atoms with Crippen molar-refractivity contribution in [1.29, 1.82) is 0 Å². The highest BCUT2D eigenvalue weighted by Crippen LogP contribution is 2.24. The largest absolute Gasteiger partial charge is 0.312 e. The van der Waals surface area contributed by atoms with Crippen molar-refractivity contribution in [2.24, 2.45) is 5.92 Å². The van der Waals surface area contributed by atoms with Crippen LogP contribution in [0.4, 0.5) is 5.69 Å². The Morgan fingerprint density at radius 3 is 2.50 bits per heavy atom. The number of amides is 1. The van der Waals surface area contributed by atoms with Gasteiger partial charge in [0.15, 0.2) is 0 Å². The van der Waals surface area contributed by atoms with Gasteiger partial charge >= 0.3 is 0 Å². The van der Waals surface area contributed by atoms with E-state index in [0.29, 0.717) is 32.6 Å². The van der Waals surface area contributed by atoms with Crippen molar-refractivity contribution < 1.29 is 13.2 Å². The third-order valence-corrected chi connectivity index (χ3v) is 5.81. The van der Waals surface area contributed by atoms with Crippen LogP contribution in [0.5, 0.6) is 0 Å². The van der Waals surface area contributed by atoms with Crippen molar-refractivity contribution in [1.82, 2.24) is 9.03 Å². The zero-order valence-corrected chi connectivity index (χ0v) is 13.3. The molecule has 1 atom stereocenters. The van der Waals surface area contributed by atoms with Gasteiger partial charge in [0.2, 0.25) is 5.91 Å². The smallest absolute Gasteiger partial charge is 0.279 e. The van der Waals surface area contributed by atoms with Crippen LogP contribution in [0.25, 0.3) is 0 Å². The molecule has 1 aromatic carbocycles. The molecule has 22 heavy (non-hydrogen) atoms. The lowest BCUT2D eigenvalue weighted by atomic mass is 10.1. The van der Waals surface area contributed by atoms with Gasteiger partial charge in [-0.2, -0.15) is 12.7 Å². The molecule has 1 unspecified atom stereocenters. The molecule has 1 N–H and O–H groups in total. The van der Waals surface area contributed by atoms with Gasteiger partial charge in [0.05, 0.1) is 0 Å². The molecule has 0 spiro atoms. The lowest BCUT2D eigenvalue weighted by molar-refractivity contribution is -0.117. The van der Waals surface area contributed by atoms with E-state index in [2.05, 4.69) is 4.72 Å². The number of anilines is 1. The Morgan fingerprint density at radius 1 is 1.14 bits per heavy atom. The van der Waals surface area contributed by atoms with E-state index in [-0.39, 0.29) is 11.8 Å². The summed E-state index contributed by atoms with van der Waals surface area (Å²) in [6, 6.07) is 9.49. The van der Waals surface area contributed by atoms with Crippen LogP contribution >= 0.6 is 0 Å². The van der Waals surface area contributed by atoms with Gasteiger partial charge in [0, 0.05) is 38.3 Å². The topological polar surface area (TPSA) is 69.7 Å². The molecule has 120 valence electrons. The van der Waals surface area contributed by atoms with E-state index >= 15 is 0 Å². The minimum atomic E-state index is -3.39. The van der Waals surface area contributed by atoms with Crippen LogP contribution in [0.1, 0.15) is 19.3 Å². The molecule has 7 heteroatoms. The van der Waals surface area contributed by atoms with Gasteiger partial charge in [-0.05, 0) is 30.9 Å². The highest BCUT2D eigenvalue weighted by Gasteiger charge is 2.32. The summed E-state index contributed by atoms with van der Waals surface area (Å²) in [4.78, 5) is 13.8. The lowest BCUT2D eigenvalue weighted by Gasteiger charge is -2.19. The van der Waals surface area contributed by atoms with Crippen molar-refractivity contribution in [2.75, 3.05) is 31.1 Å². The van der Waals surface area contributed by atoms with E-state index in [1.54, 1.807) is 4.90 Å². The Hall–Kier alpha value is -1.44. The first-order valence-corrected chi connectivity index (χ1v) is 9.10. The monoisotopic (exact) mass is 323 g/mol. The van der Waals surface area contributed by atoms with Gasteiger partial charge in [-0.15, -0.1) is 0 Å². The van der Waals surface area contributed by atoms with Crippen molar-refractivity contribution >= 4 is 21.8 Å². The number of hydrogen-bond acceptors (Lipinski definition) is 3. The van der Waals surface area contributed by atoms with Crippen molar-refractivity contribution in [3.05, 3.63) is 30.3 Å². The maximum Gasteiger partial charge on any atom is 0.279 e. The molecule has 6 nitrogen and oxygen atoms in total. The Morgan fingerprint density at radius 2 is 1.82 bits per heavy atom. The molecule has 0 aliphatic carbocycles. The van der Waals surface area contributed by atoms with E-state index in [4.69, 9.17) is 0 Å². The third-order valence-electron chi connectivity index (χ3n) is 4.23. The van der Waals surface area contributed by atoms with Crippen LogP contribution in [0.15, 0.2) is 30.3 Å². The summed E-state index contributed by atoms with van der Waals surface area (Å²) < 4.78 is 28.4. The van der Waals surface area contributed by atoms with Crippen molar-refractivity contribution in [3.63, 3.8) is 0 Å². The molecule has 2 aliphatic rings. The Kier molecular flexibility index (Phi) is 4.46. The highest BCUT2D eigenvalue weighted by atomic mass is 32.2. The molecule has 2 aliphatic heterocycles. The molecule has 2 heterocycles. The normalized spacial score (nSPS) is 23.4.